The lowest BCUT2D eigenvalue weighted by molar-refractivity contribution is 0.00591. The molecule has 0 N–H and O–H groups in total. The summed E-state index contributed by atoms with van der Waals surface area (Å²) in [6, 6.07) is 0.527. The molecule has 3 heterocycles. The van der Waals surface area contributed by atoms with E-state index in [0.717, 1.165) is 18.5 Å². The van der Waals surface area contributed by atoms with Crippen molar-refractivity contribution in [3.8, 4) is 0 Å². The van der Waals surface area contributed by atoms with E-state index in [0.29, 0.717) is 6.61 Å². The molecule has 2 aliphatic rings. The highest BCUT2D eigenvalue weighted by atomic mass is 16.6. The fourth-order valence-corrected chi connectivity index (χ4v) is 3.44. The van der Waals surface area contributed by atoms with Gasteiger partial charge in [-0.15, -0.1) is 5.10 Å². The van der Waals surface area contributed by atoms with Crippen LogP contribution in [0.25, 0.3) is 0 Å². The fraction of sp³-hybridized carbons (Fsp3) is 0.846. The van der Waals surface area contributed by atoms with Crippen LogP contribution in [0.3, 0.4) is 0 Å². The van der Waals surface area contributed by atoms with Gasteiger partial charge in [0.1, 0.15) is 33.6 Å². The monoisotopic (exact) mass is 307 g/mol. The lowest BCUT2D eigenvalue weighted by Crippen LogP contribution is -2.25. The first-order valence-electron chi connectivity index (χ1n) is 7.86. The molecular formula is C13H23B2N3O4. The molecule has 2 fully saturated rings. The normalized spacial score (nSPS) is 38.6. The summed E-state index contributed by atoms with van der Waals surface area (Å²) >= 11 is 0. The summed E-state index contributed by atoms with van der Waals surface area (Å²) in [4.78, 5) is 0. The van der Waals surface area contributed by atoms with Gasteiger partial charge in [0.15, 0.2) is 0 Å². The summed E-state index contributed by atoms with van der Waals surface area (Å²) in [5.41, 5.74) is 0.826. The zero-order chi connectivity index (χ0) is 15.7. The highest BCUT2D eigenvalue weighted by Gasteiger charge is 2.38. The van der Waals surface area contributed by atoms with Crippen molar-refractivity contribution in [2.45, 2.75) is 49.2 Å². The maximum Gasteiger partial charge on any atom is 0.139 e. The van der Waals surface area contributed by atoms with Gasteiger partial charge in [-0.3, -0.25) is 0 Å². The van der Waals surface area contributed by atoms with Crippen molar-refractivity contribution >= 4 is 15.7 Å². The Kier molecular flexibility index (Phi) is 4.87. The van der Waals surface area contributed by atoms with Crippen molar-refractivity contribution in [1.82, 2.24) is 15.0 Å². The molecule has 0 amide bonds. The number of hydrogen-bond donors (Lipinski definition) is 0. The first-order chi connectivity index (χ1) is 10.6. The molecule has 0 radical (unpaired) electrons. The van der Waals surface area contributed by atoms with Crippen molar-refractivity contribution in [2.24, 2.45) is 0 Å². The van der Waals surface area contributed by atoms with Crippen molar-refractivity contribution < 1.29 is 18.9 Å². The van der Waals surface area contributed by atoms with Gasteiger partial charge in [0, 0.05) is 26.2 Å². The third-order valence-corrected chi connectivity index (χ3v) is 4.48. The standard InChI is InChI=1S/C13H23B2N3O4/c1-19-6-10-8(3-11(14)21-10)18-5-7(16-17-18)13-9(20-2)4-12(15)22-13/h5,8-13H,3-4,6,14-15H2,1-2H3/t8?,9?,10-,11-,12-,13-/m1/s1. The summed E-state index contributed by atoms with van der Waals surface area (Å²) in [7, 11) is 7.53. The largest absolute Gasteiger partial charge is 0.382 e. The zero-order valence-electron chi connectivity index (χ0n) is 13.6. The second-order valence-corrected chi connectivity index (χ2v) is 6.24. The summed E-state index contributed by atoms with van der Waals surface area (Å²) in [6.45, 7) is 0.557. The SMILES string of the molecule is B[C@H]1CC(OC)[C@@H](c2cn(C3C[C@H](B)O[C@@H]3COC)nn2)O1. The van der Waals surface area contributed by atoms with Gasteiger partial charge in [-0.05, 0) is 12.8 Å². The first-order valence-corrected chi connectivity index (χ1v) is 7.86. The van der Waals surface area contributed by atoms with Gasteiger partial charge in [-0.1, -0.05) is 5.21 Å². The van der Waals surface area contributed by atoms with Crippen LogP contribution >= 0.6 is 0 Å². The Bertz CT molecular complexity index is 503. The maximum atomic E-state index is 5.93. The van der Waals surface area contributed by atoms with Gasteiger partial charge in [0.05, 0.1) is 24.9 Å². The number of methoxy groups -OCH3 is 2. The van der Waals surface area contributed by atoms with Crippen molar-refractivity contribution in [1.29, 1.82) is 0 Å². The van der Waals surface area contributed by atoms with Crippen molar-refractivity contribution in [3.05, 3.63) is 11.9 Å². The molecule has 0 aliphatic carbocycles. The molecule has 0 spiro atoms. The molecule has 1 aromatic heterocycles. The highest BCUT2D eigenvalue weighted by Crippen LogP contribution is 2.34. The average Bonchev–Trinajstić information content (AvgIpc) is 3.17. The van der Waals surface area contributed by atoms with Crippen LogP contribution in [0.4, 0.5) is 0 Å². The molecule has 22 heavy (non-hydrogen) atoms. The van der Waals surface area contributed by atoms with Crippen LogP contribution in [-0.2, 0) is 18.9 Å². The Morgan fingerprint density at radius 3 is 2.77 bits per heavy atom. The van der Waals surface area contributed by atoms with Crippen LogP contribution in [0.5, 0.6) is 0 Å². The van der Waals surface area contributed by atoms with Crippen LogP contribution < -0.4 is 0 Å². The molecule has 7 nitrogen and oxygen atoms in total. The molecule has 6 atom stereocenters. The quantitative estimate of drug-likeness (QED) is 0.627. The van der Waals surface area contributed by atoms with E-state index in [9.17, 15) is 0 Å². The molecule has 1 aromatic rings. The first kappa shape index (κ1) is 16.0. The van der Waals surface area contributed by atoms with Gasteiger partial charge in [0.2, 0.25) is 0 Å². The van der Waals surface area contributed by atoms with Crippen LogP contribution in [0, 0.1) is 0 Å². The minimum absolute atomic E-state index is 0.0104. The van der Waals surface area contributed by atoms with E-state index in [2.05, 4.69) is 26.0 Å². The van der Waals surface area contributed by atoms with Gasteiger partial charge in [-0.25, -0.2) is 4.68 Å². The summed E-state index contributed by atoms with van der Waals surface area (Å²) < 4.78 is 24.5. The number of aromatic nitrogens is 3. The topological polar surface area (TPSA) is 67.6 Å². The Labute approximate surface area is 132 Å². The minimum atomic E-state index is -0.144. The summed E-state index contributed by atoms with van der Waals surface area (Å²) in [5.74, 6) is 0. The third-order valence-electron chi connectivity index (χ3n) is 4.48. The average molecular weight is 307 g/mol. The van der Waals surface area contributed by atoms with E-state index >= 15 is 0 Å². The van der Waals surface area contributed by atoms with E-state index in [-0.39, 0.29) is 36.4 Å². The van der Waals surface area contributed by atoms with Gasteiger partial charge in [-0.2, -0.15) is 0 Å². The molecule has 120 valence electrons. The number of nitrogens with zero attached hydrogens (tertiary/aromatic N) is 3. The molecule has 2 saturated heterocycles. The Hall–Kier alpha value is -0.890. The highest BCUT2D eigenvalue weighted by molar-refractivity contribution is 6.11. The Morgan fingerprint density at radius 2 is 2.05 bits per heavy atom. The smallest absolute Gasteiger partial charge is 0.139 e. The molecule has 0 aromatic carbocycles. The Balaban J connectivity index is 1.75. The van der Waals surface area contributed by atoms with E-state index < -0.39 is 0 Å². The predicted octanol–water partition coefficient (Wildman–Crippen LogP) is -1.35. The number of rotatable bonds is 5. The van der Waals surface area contributed by atoms with Crippen molar-refractivity contribution in [3.63, 3.8) is 0 Å². The molecule has 3 rings (SSSR count). The summed E-state index contributed by atoms with van der Waals surface area (Å²) in [6.07, 6.45) is 3.65. The number of hydrogen-bond acceptors (Lipinski definition) is 6. The molecule has 0 bridgehead atoms. The zero-order valence-corrected chi connectivity index (χ0v) is 13.6. The maximum absolute atomic E-state index is 5.93. The second kappa shape index (κ2) is 6.70. The fourth-order valence-electron chi connectivity index (χ4n) is 3.44. The lowest BCUT2D eigenvalue weighted by atomic mass is 9.95. The van der Waals surface area contributed by atoms with E-state index in [4.69, 9.17) is 18.9 Å². The molecular weight excluding hydrogens is 284 g/mol. The molecule has 9 heteroatoms. The Morgan fingerprint density at radius 1 is 1.27 bits per heavy atom. The van der Waals surface area contributed by atoms with Crippen LogP contribution in [0.2, 0.25) is 0 Å². The number of ether oxygens (including phenoxy) is 4. The van der Waals surface area contributed by atoms with Gasteiger partial charge < -0.3 is 18.9 Å². The molecule has 2 aliphatic heterocycles. The predicted molar refractivity (Wildman–Crippen MR) is 84.3 cm³/mol. The van der Waals surface area contributed by atoms with Gasteiger partial charge in [0.25, 0.3) is 0 Å². The van der Waals surface area contributed by atoms with Crippen molar-refractivity contribution in [2.75, 3.05) is 20.8 Å². The third kappa shape index (κ3) is 3.08. The van der Waals surface area contributed by atoms with E-state index in [1.54, 1.807) is 14.2 Å². The van der Waals surface area contributed by atoms with E-state index in [1.165, 1.54) is 0 Å². The minimum Gasteiger partial charge on any atom is -0.382 e. The van der Waals surface area contributed by atoms with E-state index in [1.807, 2.05) is 10.9 Å². The lowest BCUT2D eigenvalue weighted by Gasteiger charge is -2.17. The second-order valence-electron chi connectivity index (χ2n) is 6.24. The van der Waals surface area contributed by atoms with Crippen LogP contribution in [-0.4, -0.2) is 75.7 Å². The summed E-state index contributed by atoms with van der Waals surface area (Å²) in [5, 5.41) is 8.61. The van der Waals surface area contributed by atoms with Crippen LogP contribution in [0.1, 0.15) is 30.7 Å². The molecule has 0 saturated carbocycles. The van der Waals surface area contributed by atoms with Gasteiger partial charge >= 0.3 is 0 Å². The van der Waals surface area contributed by atoms with Crippen LogP contribution in [0.15, 0.2) is 6.20 Å². The molecule has 2 unspecified atom stereocenters.